The van der Waals surface area contributed by atoms with Gasteiger partial charge in [0.25, 0.3) is 0 Å². The molecule has 4 nitrogen and oxygen atoms in total. The van der Waals surface area contributed by atoms with Gasteiger partial charge in [-0.25, -0.2) is 0 Å². The van der Waals surface area contributed by atoms with Crippen molar-refractivity contribution < 1.29 is 17.8 Å². The van der Waals surface area contributed by atoms with Crippen molar-refractivity contribution in [1.29, 1.82) is 0 Å². The maximum Gasteiger partial charge on any atom is 0.502 e. The zero-order valence-corrected chi connectivity index (χ0v) is 17.0. The van der Waals surface area contributed by atoms with Crippen LogP contribution in [0.15, 0.2) is 0 Å². The summed E-state index contributed by atoms with van der Waals surface area (Å²) >= 11 is 0. The summed E-state index contributed by atoms with van der Waals surface area (Å²) in [4.78, 5) is 0. The third kappa shape index (κ3) is 8.51. The minimum absolute atomic E-state index is 0.0387. The van der Waals surface area contributed by atoms with E-state index in [1.54, 1.807) is 0 Å². The van der Waals surface area contributed by atoms with Gasteiger partial charge in [-0.1, -0.05) is 13.8 Å². The van der Waals surface area contributed by atoms with Crippen molar-refractivity contribution in [3.63, 3.8) is 0 Å². The predicted molar refractivity (Wildman–Crippen MR) is 92.8 cm³/mol. The fourth-order valence-corrected chi connectivity index (χ4v) is 8.70. The van der Waals surface area contributed by atoms with Crippen LogP contribution in [-0.2, 0) is 17.8 Å². The molecule has 0 fully saturated rings. The zero-order valence-electron chi connectivity index (χ0n) is 15.1. The first-order chi connectivity index (χ1) is 9.58. The van der Waals surface area contributed by atoms with Gasteiger partial charge in [-0.15, -0.1) is 0 Å². The van der Waals surface area contributed by atoms with Gasteiger partial charge >= 0.3 is 8.80 Å². The molecule has 0 heterocycles. The molecule has 0 rings (SSSR count). The van der Waals surface area contributed by atoms with E-state index in [1.807, 2.05) is 55.4 Å². The Balaban J connectivity index is 5.18. The Morgan fingerprint density at radius 1 is 0.810 bits per heavy atom. The molecule has 0 saturated heterocycles. The molecule has 0 saturated carbocycles. The minimum atomic E-state index is -2.80. The maximum atomic E-state index is 12.7. The summed E-state index contributed by atoms with van der Waals surface area (Å²) in [5, 5.41) is 0. The topological polar surface area (TPSA) is 44.8 Å². The summed E-state index contributed by atoms with van der Waals surface area (Å²) in [7, 11) is -4.91. The molecular formula is C15H35O4PSi. The second-order valence-corrected chi connectivity index (χ2v) is 12.7. The van der Waals surface area contributed by atoms with E-state index in [2.05, 4.69) is 0 Å². The van der Waals surface area contributed by atoms with E-state index >= 15 is 0 Å². The second-order valence-electron chi connectivity index (χ2n) is 6.35. The first-order valence-electron chi connectivity index (χ1n) is 8.18. The Morgan fingerprint density at radius 2 is 1.14 bits per heavy atom. The van der Waals surface area contributed by atoms with Gasteiger partial charge < -0.3 is 17.8 Å². The van der Waals surface area contributed by atoms with Crippen LogP contribution in [0.4, 0.5) is 0 Å². The summed E-state index contributed by atoms with van der Waals surface area (Å²) in [6.45, 7) is 16.0. The van der Waals surface area contributed by atoms with Gasteiger partial charge in [-0.05, 0) is 53.9 Å². The van der Waals surface area contributed by atoms with Crippen molar-refractivity contribution in [2.75, 3.05) is 18.5 Å². The largest absolute Gasteiger partial charge is 0.502 e. The molecule has 0 N–H and O–H groups in total. The highest BCUT2D eigenvalue weighted by Crippen LogP contribution is 2.46. The summed E-state index contributed by atoms with van der Waals surface area (Å²) in [5.41, 5.74) is 0. The lowest BCUT2D eigenvalue weighted by atomic mass is 10.5. The van der Waals surface area contributed by atoms with E-state index in [4.69, 9.17) is 13.3 Å². The lowest BCUT2D eigenvalue weighted by molar-refractivity contribution is 0.00430. The Kier molecular flexibility index (Phi) is 9.61. The van der Waals surface area contributed by atoms with Gasteiger partial charge in [-0.3, -0.25) is 0 Å². The van der Waals surface area contributed by atoms with Crippen LogP contribution >= 0.6 is 7.14 Å². The third-order valence-electron chi connectivity index (χ3n) is 3.22. The van der Waals surface area contributed by atoms with Crippen LogP contribution in [0.1, 0.15) is 55.4 Å². The molecule has 0 aliphatic heterocycles. The molecule has 6 heteroatoms. The van der Waals surface area contributed by atoms with E-state index in [9.17, 15) is 4.57 Å². The molecule has 0 unspecified atom stereocenters. The van der Waals surface area contributed by atoms with Crippen LogP contribution in [0.3, 0.4) is 0 Å². The normalized spacial score (nSPS) is 13.7. The Bertz CT molecular complexity index is 297. The predicted octanol–water partition coefficient (Wildman–Crippen LogP) is 4.60. The number of hydrogen-bond donors (Lipinski definition) is 0. The molecule has 0 amide bonds. The van der Waals surface area contributed by atoms with E-state index in [-0.39, 0.29) is 18.3 Å². The van der Waals surface area contributed by atoms with Gasteiger partial charge in [-0.2, -0.15) is 0 Å². The standard InChI is InChI=1S/C15H35O4PSi/c1-9-20(16,10-2)11-12-21(17-13(3)4,18-14(5)6)19-15(7)8/h13-15H,9-12H2,1-8H3. The number of hydrogen-bond acceptors (Lipinski definition) is 4. The smallest absolute Gasteiger partial charge is 0.371 e. The van der Waals surface area contributed by atoms with E-state index in [1.165, 1.54) is 0 Å². The molecule has 0 atom stereocenters. The van der Waals surface area contributed by atoms with Gasteiger partial charge in [0.15, 0.2) is 0 Å². The lowest BCUT2D eigenvalue weighted by Gasteiger charge is -2.35. The lowest BCUT2D eigenvalue weighted by Crippen LogP contribution is -2.51. The molecule has 0 aromatic rings. The van der Waals surface area contributed by atoms with Crippen molar-refractivity contribution in [3.8, 4) is 0 Å². The third-order valence-corrected chi connectivity index (χ3v) is 10.3. The van der Waals surface area contributed by atoms with Crippen LogP contribution in [0.2, 0.25) is 6.04 Å². The Labute approximate surface area is 132 Å². The summed E-state index contributed by atoms with van der Waals surface area (Å²) in [6, 6.07) is 0.639. The van der Waals surface area contributed by atoms with Crippen molar-refractivity contribution in [1.82, 2.24) is 0 Å². The molecule has 0 aromatic heterocycles. The summed E-state index contributed by atoms with van der Waals surface area (Å²) in [5.74, 6) is 0. The zero-order chi connectivity index (χ0) is 16.7. The molecular weight excluding hydrogens is 303 g/mol. The van der Waals surface area contributed by atoms with E-state index in [0.717, 1.165) is 12.3 Å². The first-order valence-corrected chi connectivity index (χ1v) is 12.4. The van der Waals surface area contributed by atoms with Crippen LogP contribution in [-0.4, -0.2) is 45.6 Å². The molecule has 0 radical (unpaired) electrons. The average Bonchev–Trinajstić information content (AvgIpc) is 2.33. The van der Waals surface area contributed by atoms with Gasteiger partial charge in [0.2, 0.25) is 0 Å². The van der Waals surface area contributed by atoms with E-state index in [0.29, 0.717) is 12.2 Å². The molecule has 21 heavy (non-hydrogen) atoms. The molecule has 0 aliphatic rings. The Hall–Kier alpha value is 0.327. The fourth-order valence-electron chi connectivity index (χ4n) is 2.22. The average molecular weight is 339 g/mol. The van der Waals surface area contributed by atoms with Crippen LogP contribution in [0.25, 0.3) is 0 Å². The van der Waals surface area contributed by atoms with Crippen molar-refractivity contribution in [3.05, 3.63) is 0 Å². The maximum absolute atomic E-state index is 12.7. The number of rotatable bonds is 11. The monoisotopic (exact) mass is 338 g/mol. The molecule has 0 spiro atoms. The van der Waals surface area contributed by atoms with Gasteiger partial charge in [0, 0.05) is 30.5 Å². The van der Waals surface area contributed by atoms with Crippen LogP contribution in [0.5, 0.6) is 0 Å². The highest BCUT2D eigenvalue weighted by molar-refractivity contribution is 7.63. The highest BCUT2D eigenvalue weighted by atomic mass is 31.2. The van der Waals surface area contributed by atoms with Gasteiger partial charge in [0.05, 0.1) is 7.14 Å². The highest BCUT2D eigenvalue weighted by Gasteiger charge is 2.45. The molecule has 0 aliphatic carbocycles. The SMILES string of the molecule is CCP(=O)(CC)CC[Si](OC(C)C)(OC(C)C)OC(C)C. The molecule has 0 aromatic carbocycles. The fraction of sp³-hybridized carbons (Fsp3) is 1.00. The van der Waals surface area contributed by atoms with Crippen molar-refractivity contribution >= 4 is 15.9 Å². The second kappa shape index (κ2) is 9.46. The molecule has 0 bridgehead atoms. The van der Waals surface area contributed by atoms with Crippen LogP contribution in [0, 0.1) is 0 Å². The molecule has 128 valence electrons. The van der Waals surface area contributed by atoms with Gasteiger partial charge in [0.1, 0.15) is 0 Å². The first kappa shape index (κ1) is 21.3. The summed E-state index contributed by atoms with van der Waals surface area (Å²) < 4.78 is 31.1. The van der Waals surface area contributed by atoms with E-state index < -0.39 is 15.9 Å². The summed E-state index contributed by atoms with van der Waals surface area (Å²) in [6.07, 6.45) is 2.24. The Morgan fingerprint density at radius 3 is 1.38 bits per heavy atom. The quantitative estimate of drug-likeness (QED) is 0.408. The minimum Gasteiger partial charge on any atom is -0.371 e. The van der Waals surface area contributed by atoms with Crippen molar-refractivity contribution in [2.45, 2.75) is 79.7 Å². The van der Waals surface area contributed by atoms with Crippen LogP contribution < -0.4 is 0 Å². The van der Waals surface area contributed by atoms with Crippen molar-refractivity contribution in [2.24, 2.45) is 0 Å².